The summed E-state index contributed by atoms with van der Waals surface area (Å²) in [7, 11) is 0. The third-order valence-electron chi connectivity index (χ3n) is 3.91. The molecule has 0 saturated carbocycles. The van der Waals surface area contributed by atoms with E-state index in [1.165, 1.54) is 0 Å². The van der Waals surface area contributed by atoms with E-state index < -0.39 is 0 Å². The van der Waals surface area contributed by atoms with E-state index in [-0.39, 0.29) is 11.8 Å². The number of H-pyrrole nitrogens is 1. The molecule has 0 radical (unpaired) electrons. The number of carbonyl (C=O) groups excluding carboxylic acids is 2. The molecule has 0 atom stereocenters. The molecule has 3 N–H and O–H groups in total. The molecule has 3 aromatic rings. The lowest BCUT2D eigenvalue weighted by Crippen LogP contribution is -2.35. The number of para-hydroxylation sites is 1. The predicted octanol–water partition coefficient (Wildman–Crippen LogP) is 1.68. The van der Waals surface area contributed by atoms with Crippen LogP contribution in [0, 0.1) is 0 Å². The Morgan fingerprint density at radius 3 is 2.64 bits per heavy atom. The Bertz CT molecular complexity index is 903. The first-order valence-corrected chi connectivity index (χ1v) is 8.13. The molecule has 0 aliphatic heterocycles. The second-order valence-corrected chi connectivity index (χ2v) is 5.52. The fourth-order valence-electron chi connectivity index (χ4n) is 2.60. The van der Waals surface area contributed by atoms with Crippen LogP contribution in [-0.4, -0.2) is 40.1 Å². The summed E-state index contributed by atoms with van der Waals surface area (Å²) >= 11 is 0. The summed E-state index contributed by atoms with van der Waals surface area (Å²) in [6, 6.07) is 9.13. The lowest BCUT2D eigenvalue weighted by atomic mass is 10.1. The number of benzene rings is 1. The number of carbonyl (C=O) groups is 2. The highest BCUT2D eigenvalue weighted by Gasteiger charge is 2.13. The fraction of sp³-hybridized carbons (Fsp3) is 0.222. The van der Waals surface area contributed by atoms with Gasteiger partial charge in [-0.15, -0.1) is 0 Å². The molecule has 0 aliphatic rings. The lowest BCUT2D eigenvalue weighted by molar-refractivity contribution is 0.0925. The number of fused-ring (bicyclic) bond motifs is 1. The lowest BCUT2D eigenvalue weighted by Gasteiger charge is -2.09. The number of hydrogen-bond acceptors (Lipinski definition) is 4. The van der Waals surface area contributed by atoms with E-state index >= 15 is 0 Å². The Kier molecular flexibility index (Phi) is 5.03. The van der Waals surface area contributed by atoms with Crippen molar-refractivity contribution in [3.8, 4) is 0 Å². The maximum Gasteiger partial charge on any atom is 0.272 e. The molecule has 25 heavy (non-hydrogen) atoms. The molecule has 3 rings (SSSR count). The van der Waals surface area contributed by atoms with Crippen LogP contribution in [0.5, 0.6) is 0 Å². The number of aryl methyl sites for hydroxylation is 1. The van der Waals surface area contributed by atoms with Gasteiger partial charge in [0.05, 0.1) is 5.52 Å². The third-order valence-corrected chi connectivity index (χ3v) is 3.91. The van der Waals surface area contributed by atoms with Gasteiger partial charge in [0, 0.05) is 36.4 Å². The minimum Gasteiger partial charge on any atom is -0.350 e. The van der Waals surface area contributed by atoms with E-state index in [9.17, 15) is 9.59 Å². The summed E-state index contributed by atoms with van der Waals surface area (Å²) in [6.07, 6.45) is 4.03. The number of pyridine rings is 1. The SMILES string of the molecule is CCc1cnccc1C(=O)NCCNC(=O)c1n[nH]c2ccccc12. The number of aromatic nitrogens is 3. The molecule has 0 fully saturated rings. The van der Waals surface area contributed by atoms with Crippen LogP contribution in [0.2, 0.25) is 0 Å². The molecule has 0 spiro atoms. The van der Waals surface area contributed by atoms with E-state index in [0.717, 1.165) is 22.9 Å². The Balaban J connectivity index is 1.53. The Morgan fingerprint density at radius 1 is 1.08 bits per heavy atom. The van der Waals surface area contributed by atoms with E-state index in [2.05, 4.69) is 25.8 Å². The van der Waals surface area contributed by atoms with Gasteiger partial charge in [-0.25, -0.2) is 0 Å². The second-order valence-electron chi connectivity index (χ2n) is 5.52. The van der Waals surface area contributed by atoms with Crippen molar-refractivity contribution in [3.05, 3.63) is 59.5 Å². The Hall–Kier alpha value is -3.22. The quantitative estimate of drug-likeness (QED) is 0.596. The van der Waals surface area contributed by atoms with Crippen molar-refractivity contribution in [2.24, 2.45) is 0 Å². The van der Waals surface area contributed by atoms with Crippen molar-refractivity contribution >= 4 is 22.7 Å². The van der Waals surface area contributed by atoms with Crippen LogP contribution >= 0.6 is 0 Å². The molecule has 1 aromatic carbocycles. The number of hydrogen-bond donors (Lipinski definition) is 3. The van der Waals surface area contributed by atoms with Gasteiger partial charge < -0.3 is 10.6 Å². The summed E-state index contributed by atoms with van der Waals surface area (Å²) in [5, 5.41) is 13.2. The zero-order chi connectivity index (χ0) is 17.6. The summed E-state index contributed by atoms with van der Waals surface area (Å²) in [5.41, 5.74) is 2.67. The molecule has 0 unspecified atom stereocenters. The Labute approximate surface area is 144 Å². The average molecular weight is 337 g/mol. The number of rotatable bonds is 6. The van der Waals surface area contributed by atoms with Gasteiger partial charge in [-0.3, -0.25) is 19.7 Å². The van der Waals surface area contributed by atoms with Crippen LogP contribution < -0.4 is 10.6 Å². The second kappa shape index (κ2) is 7.57. The molecular weight excluding hydrogens is 318 g/mol. The van der Waals surface area contributed by atoms with Gasteiger partial charge >= 0.3 is 0 Å². The summed E-state index contributed by atoms with van der Waals surface area (Å²) < 4.78 is 0. The molecule has 128 valence electrons. The van der Waals surface area contributed by atoms with E-state index in [4.69, 9.17) is 0 Å². The smallest absolute Gasteiger partial charge is 0.272 e. The van der Waals surface area contributed by atoms with E-state index in [0.29, 0.717) is 24.3 Å². The highest BCUT2D eigenvalue weighted by atomic mass is 16.2. The average Bonchev–Trinajstić information content (AvgIpc) is 3.09. The van der Waals surface area contributed by atoms with Gasteiger partial charge in [-0.2, -0.15) is 5.10 Å². The first-order chi connectivity index (χ1) is 12.2. The van der Waals surface area contributed by atoms with Crippen molar-refractivity contribution in [1.29, 1.82) is 0 Å². The van der Waals surface area contributed by atoms with Gasteiger partial charge in [0.15, 0.2) is 5.69 Å². The third kappa shape index (κ3) is 3.65. The number of nitrogens with zero attached hydrogens (tertiary/aromatic N) is 2. The zero-order valence-electron chi connectivity index (χ0n) is 13.9. The minimum absolute atomic E-state index is 0.168. The van der Waals surface area contributed by atoms with Gasteiger partial charge in [-0.1, -0.05) is 25.1 Å². The molecule has 0 bridgehead atoms. The topological polar surface area (TPSA) is 99.8 Å². The first-order valence-electron chi connectivity index (χ1n) is 8.13. The zero-order valence-corrected chi connectivity index (χ0v) is 13.9. The van der Waals surface area contributed by atoms with Crippen LogP contribution in [0.1, 0.15) is 33.3 Å². The fourth-order valence-corrected chi connectivity index (χ4v) is 2.60. The van der Waals surface area contributed by atoms with Gasteiger partial charge in [0.25, 0.3) is 11.8 Å². The number of nitrogens with one attached hydrogen (secondary N) is 3. The number of amides is 2. The first kappa shape index (κ1) is 16.6. The molecule has 0 aliphatic carbocycles. The van der Waals surface area contributed by atoms with Crippen LogP contribution in [-0.2, 0) is 6.42 Å². The number of aromatic amines is 1. The Morgan fingerprint density at radius 2 is 1.84 bits per heavy atom. The summed E-state index contributed by atoms with van der Waals surface area (Å²) in [5.74, 6) is -0.441. The highest BCUT2D eigenvalue weighted by Crippen LogP contribution is 2.14. The normalized spacial score (nSPS) is 10.6. The molecular formula is C18H19N5O2. The summed E-state index contributed by atoms with van der Waals surface area (Å²) in [4.78, 5) is 28.4. The molecule has 0 saturated heterocycles. The van der Waals surface area contributed by atoms with E-state index in [1.54, 1.807) is 18.5 Å². The van der Waals surface area contributed by atoms with Crippen molar-refractivity contribution in [1.82, 2.24) is 25.8 Å². The van der Waals surface area contributed by atoms with Crippen molar-refractivity contribution in [2.45, 2.75) is 13.3 Å². The largest absolute Gasteiger partial charge is 0.350 e. The van der Waals surface area contributed by atoms with Crippen LogP contribution in [0.25, 0.3) is 10.9 Å². The highest BCUT2D eigenvalue weighted by molar-refractivity contribution is 6.04. The molecule has 7 heteroatoms. The standard InChI is InChI=1S/C18H19N5O2/c1-2-12-11-19-8-7-13(12)17(24)20-9-10-21-18(25)16-14-5-3-4-6-15(14)22-23-16/h3-8,11H,2,9-10H2,1H3,(H,20,24)(H,21,25)(H,22,23). The van der Waals surface area contributed by atoms with Gasteiger partial charge in [0.2, 0.25) is 0 Å². The van der Waals surface area contributed by atoms with Gasteiger partial charge in [-0.05, 0) is 24.1 Å². The maximum atomic E-state index is 12.2. The molecule has 7 nitrogen and oxygen atoms in total. The van der Waals surface area contributed by atoms with Crippen LogP contribution in [0.15, 0.2) is 42.7 Å². The molecule has 2 amide bonds. The van der Waals surface area contributed by atoms with Crippen molar-refractivity contribution in [3.63, 3.8) is 0 Å². The predicted molar refractivity (Wildman–Crippen MR) is 94.4 cm³/mol. The maximum absolute atomic E-state index is 12.2. The molecule has 2 aromatic heterocycles. The van der Waals surface area contributed by atoms with Gasteiger partial charge in [0.1, 0.15) is 0 Å². The van der Waals surface area contributed by atoms with Crippen LogP contribution in [0.3, 0.4) is 0 Å². The molecule has 2 heterocycles. The van der Waals surface area contributed by atoms with Crippen molar-refractivity contribution in [2.75, 3.05) is 13.1 Å². The monoisotopic (exact) mass is 337 g/mol. The summed E-state index contributed by atoms with van der Waals surface area (Å²) in [6.45, 7) is 2.62. The minimum atomic E-state index is -0.273. The van der Waals surface area contributed by atoms with Crippen LogP contribution in [0.4, 0.5) is 0 Å². The van der Waals surface area contributed by atoms with Crippen molar-refractivity contribution < 1.29 is 9.59 Å². The van der Waals surface area contributed by atoms with E-state index in [1.807, 2.05) is 31.2 Å².